The maximum atomic E-state index is 15.4. The van der Waals surface area contributed by atoms with E-state index in [0.717, 1.165) is 0 Å². The largest absolute Gasteiger partial charge is 0.395 e. The SMILES string of the molecule is C=CC(=O)N1CCN(c2c(C#N)c(=O)n(-c3c(C)ccnc3C(C)C)c3nc(C4=C(Cl)C(N)=C(F)[C@H](F)C4F)c(Cl)cc23)CC1. The Labute approximate surface area is 266 Å². The van der Waals surface area contributed by atoms with Crippen molar-refractivity contribution in [3.05, 3.63) is 85.4 Å². The number of nitrogens with two attached hydrogens (primary N) is 1. The molecular weight excluding hydrogens is 630 g/mol. The highest BCUT2D eigenvalue weighted by molar-refractivity contribution is 6.37. The molecule has 2 aliphatic rings. The molecule has 0 spiro atoms. The van der Waals surface area contributed by atoms with Gasteiger partial charge >= 0.3 is 0 Å². The first kappa shape index (κ1) is 32.1. The maximum absolute atomic E-state index is 15.4. The lowest BCUT2D eigenvalue weighted by molar-refractivity contribution is -0.126. The first-order valence-electron chi connectivity index (χ1n) is 14.0. The van der Waals surface area contributed by atoms with Crippen molar-refractivity contribution >= 4 is 51.4 Å². The second-order valence-corrected chi connectivity index (χ2v) is 11.8. The number of hydrogen-bond acceptors (Lipinski definition) is 7. The average molecular weight is 659 g/mol. The van der Waals surface area contributed by atoms with Gasteiger partial charge in [-0.05, 0) is 36.6 Å². The lowest BCUT2D eigenvalue weighted by Crippen LogP contribution is -2.49. The van der Waals surface area contributed by atoms with Gasteiger partial charge in [0.1, 0.15) is 17.3 Å². The number of nitriles is 1. The number of fused-ring (bicyclic) bond motifs is 1. The minimum atomic E-state index is -2.75. The topological polar surface area (TPSA) is 121 Å². The van der Waals surface area contributed by atoms with E-state index in [-0.39, 0.29) is 71.0 Å². The fourth-order valence-corrected chi connectivity index (χ4v) is 6.22. The molecule has 1 fully saturated rings. The van der Waals surface area contributed by atoms with Gasteiger partial charge in [0.25, 0.3) is 5.56 Å². The van der Waals surface area contributed by atoms with E-state index in [1.165, 1.54) is 16.7 Å². The number of amides is 1. The van der Waals surface area contributed by atoms with Crippen molar-refractivity contribution in [3.63, 3.8) is 0 Å². The molecule has 9 nitrogen and oxygen atoms in total. The van der Waals surface area contributed by atoms with Crippen LogP contribution in [0.3, 0.4) is 0 Å². The van der Waals surface area contributed by atoms with Crippen molar-refractivity contribution in [3.8, 4) is 11.8 Å². The molecule has 0 radical (unpaired) electrons. The number of carbonyl (C=O) groups excluding carboxylic acids is 1. The van der Waals surface area contributed by atoms with Crippen LogP contribution in [-0.4, -0.2) is 63.9 Å². The van der Waals surface area contributed by atoms with Gasteiger partial charge in [-0.3, -0.25) is 19.1 Å². The van der Waals surface area contributed by atoms with Crippen LogP contribution in [0, 0.1) is 18.3 Å². The number of allylic oxidation sites excluding steroid dienone is 3. The number of halogens is 5. The van der Waals surface area contributed by atoms with Gasteiger partial charge in [0.15, 0.2) is 18.2 Å². The Kier molecular flexibility index (Phi) is 8.70. The van der Waals surface area contributed by atoms with E-state index in [1.54, 1.807) is 29.0 Å². The molecule has 4 heterocycles. The second-order valence-electron chi connectivity index (χ2n) is 11.0. The van der Waals surface area contributed by atoms with Crippen molar-refractivity contribution in [2.24, 2.45) is 5.73 Å². The molecule has 3 aromatic rings. The van der Waals surface area contributed by atoms with Crippen LogP contribution in [0.2, 0.25) is 5.02 Å². The lowest BCUT2D eigenvalue weighted by Gasteiger charge is -2.36. The van der Waals surface area contributed by atoms with Crippen LogP contribution >= 0.6 is 23.2 Å². The van der Waals surface area contributed by atoms with Crippen LogP contribution in [0.1, 0.15) is 42.3 Å². The summed E-state index contributed by atoms with van der Waals surface area (Å²) in [6.45, 7) is 10.1. The van der Waals surface area contributed by atoms with E-state index in [2.05, 4.69) is 16.5 Å². The van der Waals surface area contributed by atoms with E-state index in [1.807, 2.05) is 19.9 Å². The van der Waals surface area contributed by atoms with Crippen molar-refractivity contribution in [2.75, 3.05) is 31.1 Å². The number of rotatable bonds is 5. The highest BCUT2D eigenvalue weighted by Gasteiger charge is 2.40. The Balaban J connectivity index is 1.90. The number of aromatic nitrogens is 3. The van der Waals surface area contributed by atoms with E-state index >= 15 is 4.39 Å². The van der Waals surface area contributed by atoms with Crippen LogP contribution in [0.15, 0.2) is 52.3 Å². The van der Waals surface area contributed by atoms with Crippen molar-refractivity contribution in [1.29, 1.82) is 5.26 Å². The summed E-state index contributed by atoms with van der Waals surface area (Å²) < 4.78 is 45.7. The van der Waals surface area contributed by atoms with Gasteiger partial charge in [0.05, 0.1) is 38.5 Å². The quantitative estimate of drug-likeness (QED) is 0.367. The molecule has 2 N–H and O–H groups in total. The number of piperazine rings is 1. The Bertz CT molecular complexity index is 1920. The number of pyridine rings is 3. The van der Waals surface area contributed by atoms with E-state index in [4.69, 9.17) is 28.9 Å². The first-order valence-corrected chi connectivity index (χ1v) is 14.7. The zero-order valence-electron chi connectivity index (χ0n) is 24.5. The third-order valence-electron chi connectivity index (χ3n) is 7.96. The molecule has 14 heteroatoms. The average Bonchev–Trinajstić information content (AvgIpc) is 3.02. The Morgan fingerprint density at radius 2 is 1.87 bits per heavy atom. The van der Waals surface area contributed by atoms with Gasteiger partial charge in [0.2, 0.25) is 5.91 Å². The minimum Gasteiger partial charge on any atom is -0.395 e. The lowest BCUT2D eigenvalue weighted by atomic mass is 9.94. The molecule has 1 aliphatic carbocycles. The third-order valence-corrected chi connectivity index (χ3v) is 8.65. The fraction of sp³-hybridized carbons (Fsp3) is 0.323. The van der Waals surface area contributed by atoms with Crippen LogP contribution in [0.5, 0.6) is 0 Å². The van der Waals surface area contributed by atoms with Crippen LogP contribution < -0.4 is 16.2 Å². The summed E-state index contributed by atoms with van der Waals surface area (Å²) >= 11 is 12.9. The summed E-state index contributed by atoms with van der Waals surface area (Å²) in [6.07, 6.45) is -2.56. The molecule has 45 heavy (non-hydrogen) atoms. The molecule has 234 valence electrons. The number of anilines is 1. The van der Waals surface area contributed by atoms with Gasteiger partial charge < -0.3 is 15.5 Å². The number of carbonyl (C=O) groups is 1. The molecule has 1 saturated heterocycles. The summed E-state index contributed by atoms with van der Waals surface area (Å²) in [6, 6.07) is 5.11. The number of hydrogen-bond donors (Lipinski definition) is 1. The van der Waals surface area contributed by atoms with Gasteiger partial charge in [-0.25, -0.2) is 18.2 Å². The highest BCUT2D eigenvalue weighted by atomic mass is 35.5. The molecule has 5 rings (SSSR count). The van der Waals surface area contributed by atoms with Crippen LogP contribution in [-0.2, 0) is 4.79 Å². The predicted octanol–water partition coefficient (Wildman–Crippen LogP) is 5.35. The summed E-state index contributed by atoms with van der Waals surface area (Å²) in [5, 5.41) is 9.80. The van der Waals surface area contributed by atoms with Crippen LogP contribution in [0.4, 0.5) is 18.9 Å². The fourth-order valence-electron chi connectivity index (χ4n) is 5.69. The van der Waals surface area contributed by atoms with E-state index in [9.17, 15) is 23.6 Å². The van der Waals surface area contributed by atoms with E-state index in [0.29, 0.717) is 16.9 Å². The summed E-state index contributed by atoms with van der Waals surface area (Å²) in [5.74, 6) is -1.99. The molecule has 2 atom stereocenters. The predicted molar refractivity (Wildman–Crippen MR) is 168 cm³/mol. The van der Waals surface area contributed by atoms with Gasteiger partial charge in [-0.15, -0.1) is 0 Å². The molecule has 1 unspecified atom stereocenters. The van der Waals surface area contributed by atoms with Crippen molar-refractivity contribution in [2.45, 2.75) is 39.0 Å². The van der Waals surface area contributed by atoms with Gasteiger partial charge in [-0.2, -0.15) is 5.26 Å². The number of nitrogens with zero attached hydrogens (tertiary/aromatic N) is 6. The second kappa shape index (κ2) is 12.2. The Morgan fingerprint density at radius 3 is 2.47 bits per heavy atom. The molecule has 1 aliphatic heterocycles. The molecule has 0 bridgehead atoms. The third kappa shape index (κ3) is 5.23. The number of alkyl halides is 2. The summed E-state index contributed by atoms with van der Waals surface area (Å²) in [5.41, 5.74) is 4.65. The molecule has 1 amide bonds. The summed E-state index contributed by atoms with van der Waals surface area (Å²) in [7, 11) is 0. The van der Waals surface area contributed by atoms with Gasteiger partial charge in [0, 0.05) is 43.3 Å². The normalized spacial score (nSPS) is 19.0. The Morgan fingerprint density at radius 1 is 1.20 bits per heavy atom. The van der Waals surface area contributed by atoms with Gasteiger partial charge in [-0.1, -0.05) is 43.6 Å². The smallest absolute Gasteiger partial charge is 0.276 e. The monoisotopic (exact) mass is 657 g/mol. The Hall–Kier alpha value is -4.34. The molecule has 0 aromatic carbocycles. The molecular formula is C31H28Cl2F3N7O2. The summed E-state index contributed by atoms with van der Waals surface area (Å²) in [4.78, 5) is 39.0. The minimum absolute atomic E-state index is 0.0517. The van der Waals surface area contributed by atoms with Crippen LogP contribution in [0.25, 0.3) is 22.3 Å². The standard InChI is InChI=1S/C31H28Cl2F3N7O2/c1-5-19(44)41-8-10-42(11-9-41)29-16-12-18(32)27(20-21(33)25(38)24(36)23(35)22(20)34)40-30(16)43(31(45)17(29)13-37)28-15(4)6-7-39-26(28)14(2)3/h5-7,12,14,22-23H,1,8-11,38H2,2-4H3/t22?,23-/m1/s1. The molecule has 0 saturated carbocycles. The highest BCUT2D eigenvalue weighted by Crippen LogP contribution is 2.43. The number of aryl methyl sites for hydroxylation is 1. The van der Waals surface area contributed by atoms with E-state index < -0.39 is 40.0 Å². The van der Waals surface area contributed by atoms with Crippen molar-refractivity contribution < 1.29 is 18.0 Å². The zero-order valence-corrected chi connectivity index (χ0v) is 26.1. The molecule has 3 aromatic heterocycles. The van der Waals surface area contributed by atoms with Crippen molar-refractivity contribution in [1.82, 2.24) is 19.4 Å². The first-order chi connectivity index (χ1) is 21.3. The zero-order chi connectivity index (χ0) is 32.9. The maximum Gasteiger partial charge on any atom is 0.276 e.